The van der Waals surface area contributed by atoms with Crippen LogP contribution in [0.2, 0.25) is 0 Å². The average molecular weight is 477 g/mol. The van der Waals surface area contributed by atoms with Gasteiger partial charge in [-0.25, -0.2) is 9.38 Å². The number of guanidine groups is 1. The fourth-order valence-corrected chi connectivity index (χ4v) is 2.15. The highest BCUT2D eigenvalue weighted by Crippen LogP contribution is 2.13. The summed E-state index contributed by atoms with van der Waals surface area (Å²) in [4.78, 5) is 6.33. The smallest absolute Gasteiger partial charge is 0.193 e. The molecule has 1 aromatic heterocycles. The number of aliphatic imine (C=N–C) groups is 1. The molecule has 26 heavy (non-hydrogen) atoms. The number of hydrogen-bond donors (Lipinski definition) is 2. The molecule has 2 N–H and O–H groups in total. The van der Waals surface area contributed by atoms with Gasteiger partial charge in [-0.15, -0.1) is 24.0 Å². The van der Waals surface area contributed by atoms with Crippen LogP contribution in [-0.2, 0) is 0 Å². The lowest BCUT2D eigenvalue weighted by atomic mass is 10.3. The predicted molar refractivity (Wildman–Crippen MR) is 110 cm³/mol. The molecule has 0 saturated heterocycles. The zero-order valence-corrected chi connectivity index (χ0v) is 17.2. The Bertz CT molecular complexity index is 650. The highest BCUT2D eigenvalue weighted by molar-refractivity contribution is 14.0. The topological polar surface area (TPSA) is 70.2 Å². The van der Waals surface area contributed by atoms with Crippen molar-refractivity contribution in [2.45, 2.75) is 13.0 Å². The lowest BCUT2D eigenvalue weighted by Crippen LogP contribution is -2.41. The molecule has 0 saturated carbocycles. The third-order valence-electron chi connectivity index (χ3n) is 3.49. The average Bonchev–Trinajstić information content (AvgIpc) is 3.14. The van der Waals surface area contributed by atoms with Gasteiger partial charge in [-0.3, -0.25) is 0 Å². The molecule has 0 aliphatic heterocycles. The SMILES string of the molecule is CCNC(=NCC(O)c1ccco1)N(C)CCOc1ccc(F)cc1.I. The van der Waals surface area contributed by atoms with Gasteiger partial charge in [0, 0.05) is 13.6 Å². The summed E-state index contributed by atoms with van der Waals surface area (Å²) in [7, 11) is 1.88. The number of halogens is 2. The van der Waals surface area contributed by atoms with Gasteiger partial charge >= 0.3 is 0 Å². The lowest BCUT2D eigenvalue weighted by molar-refractivity contribution is 0.158. The van der Waals surface area contributed by atoms with E-state index in [1.54, 1.807) is 24.3 Å². The third-order valence-corrected chi connectivity index (χ3v) is 3.49. The Labute approximate surface area is 170 Å². The molecular weight excluding hydrogens is 452 g/mol. The maximum atomic E-state index is 12.9. The maximum absolute atomic E-state index is 12.9. The molecule has 2 aromatic rings. The molecular formula is C18H25FIN3O3. The number of aliphatic hydroxyl groups excluding tert-OH is 1. The second-order valence-electron chi connectivity index (χ2n) is 5.45. The Morgan fingerprint density at radius 2 is 2.08 bits per heavy atom. The molecule has 0 radical (unpaired) electrons. The number of likely N-dealkylation sites (N-methyl/N-ethyl adjacent to an activating group) is 1. The van der Waals surface area contributed by atoms with E-state index in [1.165, 1.54) is 18.4 Å². The Balaban J connectivity index is 0.00000338. The van der Waals surface area contributed by atoms with Crippen LogP contribution in [0.3, 0.4) is 0 Å². The van der Waals surface area contributed by atoms with Crippen molar-refractivity contribution in [1.29, 1.82) is 0 Å². The maximum Gasteiger partial charge on any atom is 0.193 e. The quantitative estimate of drug-likeness (QED) is 0.348. The van der Waals surface area contributed by atoms with Crippen LogP contribution in [0.15, 0.2) is 52.1 Å². The molecule has 1 atom stereocenters. The molecule has 1 aromatic carbocycles. The first-order chi connectivity index (χ1) is 12.1. The van der Waals surface area contributed by atoms with Gasteiger partial charge in [0.2, 0.25) is 0 Å². The minimum absolute atomic E-state index is 0. The van der Waals surface area contributed by atoms with Crippen LogP contribution in [0.4, 0.5) is 4.39 Å². The number of benzene rings is 1. The molecule has 2 rings (SSSR count). The van der Waals surface area contributed by atoms with E-state index in [0.29, 0.717) is 37.2 Å². The summed E-state index contributed by atoms with van der Waals surface area (Å²) in [6, 6.07) is 9.35. The number of furan rings is 1. The van der Waals surface area contributed by atoms with Crippen LogP contribution in [0.5, 0.6) is 5.75 Å². The summed E-state index contributed by atoms with van der Waals surface area (Å²) < 4.78 is 23.6. The first-order valence-electron chi connectivity index (χ1n) is 8.19. The molecule has 1 heterocycles. The van der Waals surface area contributed by atoms with E-state index in [-0.39, 0.29) is 36.3 Å². The molecule has 0 aliphatic carbocycles. The van der Waals surface area contributed by atoms with Gasteiger partial charge < -0.3 is 24.5 Å². The molecule has 1 unspecified atom stereocenters. The van der Waals surface area contributed by atoms with Gasteiger partial charge in [0.1, 0.15) is 30.0 Å². The summed E-state index contributed by atoms with van der Waals surface area (Å²) in [6.45, 7) is 3.88. The number of nitrogens with zero attached hydrogens (tertiary/aromatic N) is 2. The molecule has 6 nitrogen and oxygen atoms in total. The molecule has 0 aliphatic rings. The number of ether oxygens (including phenoxy) is 1. The van der Waals surface area contributed by atoms with Gasteiger partial charge in [0.25, 0.3) is 0 Å². The van der Waals surface area contributed by atoms with Gasteiger partial charge in [-0.05, 0) is 43.3 Å². The van der Waals surface area contributed by atoms with E-state index in [0.717, 1.165) is 0 Å². The van der Waals surface area contributed by atoms with E-state index in [4.69, 9.17) is 9.15 Å². The van der Waals surface area contributed by atoms with Gasteiger partial charge in [0.05, 0.1) is 19.4 Å². The van der Waals surface area contributed by atoms with Gasteiger partial charge in [-0.2, -0.15) is 0 Å². The number of hydrogen-bond acceptors (Lipinski definition) is 4. The summed E-state index contributed by atoms with van der Waals surface area (Å²) in [5.74, 6) is 1.48. The molecule has 0 fully saturated rings. The Morgan fingerprint density at radius 1 is 1.35 bits per heavy atom. The fourth-order valence-electron chi connectivity index (χ4n) is 2.15. The van der Waals surface area contributed by atoms with Crippen molar-refractivity contribution in [3.05, 3.63) is 54.2 Å². The van der Waals surface area contributed by atoms with Crippen LogP contribution in [0.1, 0.15) is 18.8 Å². The predicted octanol–water partition coefficient (Wildman–Crippen LogP) is 3.05. The third kappa shape index (κ3) is 7.20. The molecule has 144 valence electrons. The van der Waals surface area contributed by atoms with Crippen LogP contribution in [0, 0.1) is 5.82 Å². The van der Waals surface area contributed by atoms with Crippen LogP contribution >= 0.6 is 24.0 Å². The van der Waals surface area contributed by atoms with Crippen molar-refractivity contribution in [3.63, 3.8) is 0 Å². The zero-order valence-electron chi connectivity index (χ0n) is 14.9. The second-order valence-corrected chi connectivity index (χ2v) is 5.45. The largest absolute Gasteiger partial charge is 0.492 e. The first-order valence-corrected chi connectivity index (χ1v) is 8.19. The molecule has 8 heteroatoms. The second kappa shape index (κ2) is 11.7. The minimum atomic E-state index is -0.785. The summed E-state index contributed by atoms with van der Waals surface area (Å²) >= 11 is 0. The van der Waals surface area contributed by atoms with Crippen molar-refractivity contribution in [1.82, 2.24) is 10.2 Å². The van der Waals surface area contributed by atoms with Crippen LogP contribution in [0.25, 0.3) is 0 Å². The monoisotopic (exact) mass is 477 g/mol. The molecule has 0 spiro atoms. The summed E-state index contributed by atoms with van der Waals surface area (Å²) in [5.41, 5.74) is 0. The van der Waals surface area contributed by atoms with E-state index in [2.05, 4.69) is 10.3 Å². The summed E-state index contributed by atoms with van der Waals surface area (Å²) in [6.07, 6.45) is 0.736. The summed E-state index contributed by atoms with van der Waals surface area (Å²) in [5, 5.41) is 13.2. The van der Waals surface area contributed by atoms with Crippen molar-refractivity contribution >= 4 is 29.9 Å². The van der Waals surface area contributed by atoms with Crippen molar-refractivity contribution in [3.8, 4) is 5.75 Å². The highest BCUT2D eigenvalue weighted by atomic mass is 127. The number of aliphatic hydroxyl groups is 1. The zero-order chi connectivity index (χ0) is 18.1. The van der Waals surface area contributed by atoms with Crippen LogP contribution < -0.4 is 10.1 Å². The van der Waals surface area contributed by atoms with E-state index < -0.39 is 6.10 Å². The van der Waals surface area contributed by atoms with Crippen molar-refractivity contribution in [2.75, 3.05) is 33.3 Å². The normalized spacial score (nSPS) is 12.2. The Hall–Kier alpha value is -1.81. The Morgan fingerprint density at radius 3 is 2.69 bits per heavy atom. The minimum Gasteiger partial charge on any atom is -0.492 e. The van der Waals surface area contributed by atoms with Gasteiger partial charge in [-0.1, -0.05) is 0 Å². The molecule has 0 bridgehead atoms. The number of nitrogens with one attached hydrogen (secondary N) is 1. The standard InChI is InChI=1S/C18H24FN3O3.HI/c1-3-20-18(21-13-16(23)17-5-4-11-25-17)22(2)10-12-24-15-8-6-14(19)7-9-15;/h4-9,11,16,23H,3,10,12-13H2,1-2H3,(H,20,21);1H. The first kappa shape index (κ1) is 22.2. The van der Waals surface area contributed by atoms with E-state index >= 15 is 0 Å². The Kier molecular flexibility index (Phi) is 10.0. The van der Waals surface area contributed by atoms with E-state index in [1.807, 2.05) is 18.9 Å². The van der Waals surface area contributed by atoms with Crippen LogP contribution in [-0.4, -0.2) is 49.3 Å². The van der Waals surface area contributed by atoms with Crippen molar-refractivity contribution in [2.24, 2.45) is 4.99 Å². The highest BCUT2D eigenvalue weighted by Gasteiger charge is 2.11. The fraction of sp³-hybridized carbons (Fsp3) is 0.389. The lowest BCUT2D eigenvalue weighted by Gasteiger charge is -2.22. The van der Waals surface area contributed by atoms with E-state index in [9.17, 15) is 9.50 Å². The van der Waals surface area contributed by atoms with Crippen molar-refractivity contribution < 1.29 is 18.7 Å². The molecule has 0 amide bonds. The number of rotatable bonds is 8. The van der Waals surface area contributed by atoms with Gasteiger partial charge in [0.15, 0.2) is 5.96 Å².